The van der Waals surface area contributed by atoms with Gasteiger partial charge in [-0.3, -0.25) is 4.79 Å². The van der Waals surface area contributed by atoms with Gasteiger partial charge in [0.1, 0.15) is 24.0 Å². The summed E-state index contributed by atoms with van der Waals surface area (Å²) in [6.45, 7) is 5.70. The molecule has 1 unspecified atom stereocenters. The Morgan fingerprint density at radius 2 is 2.31 bits per heavy atom. The Morgan fingerprint density at radius 3 is 2.94 bits per heavy atom. The van der Waals surface area contributed by atoms with Crippen molar-refractivity contribution in [2.24, 2.45) is 0 Å². The summed E-state index contributed by atoms with van der Waals surface area (Å²) in [5.41, 5.74) is 0. The summed E-state index contributed by atoms with van der Waals surface area (Å²) in [5.74, 6) is 0.158. The Balaban J connectivity index is 2.66. The zero-order valence-corrected chi connectivity index (χ0v) is 8.97. The lowest BCUT2D eigenvalue weighted by Crippen LogP contribution is -2.25. The molecule has 1 rings (SSSR count). The molecule has 86 valence electrons. The van der Waals surface area contributed by atoms with Crippen LogP contribution < -0.4 is 10.6 Å². The highest BCUT2D eigenvalue weighted by atomic mass is 16.4. The largest absolute Gasteiger partial charge is 0.480 e. The van der Waals surface area contributed by atoms with Crippen molar-refractivity contribution in [3.63, 3.8) is 0 Å². The fraction of sp³-hybridized carbons (Fsp3) is 0.300. The molecule has 1 aromatic rings. The first-order chi connectivity index (χ1) is 7.63. The van der Waals surface area contributed by atoms with Crippen molar-refractivity contribution in [1.82, 2.24) is 9.97 Å². The van der Waals surface area contributed by atoms with E-state index in [1.165, 1.54) is 6.33 Å². The summed E-state index contributed by atoms with van der Waals surface area (Å²) >= 11 is 0. The normalized spacial score (nSPS) is 11.6. The molecular formula is C10H14N4O2. The van der Waals surface area contributed by atoms with Crippen LogP contribution >= 0.6 is 0 Å². The maximum absolute atomic E-state index is 10.6. The van der Waals surface area contributed by atoms with Crippen molar-refractivity contribution in [2.45, 2.75) is 13.0 Å². The van der Waals surface area contributed by atoms with Crippen LogP contribution in [0.2, 0.25) is 0 Å². The molecule has 0 saturated heterocycles. The minimum absolute atomic E-state index is 0.469. The second kappa shape index (κ2) is 5.69. The first-order valence-electron chi connectivity index (χ1n) is 4.79. The summed E-state index contributed by atoms with van der Waals surface area (Å²) in [6, 6.07) is 0.949. The quantitative estimate of drug-likeness (QED) is 0.621. The van der Waals surface area contributed by atoms with Crippen molar-refractivity contribution in [2.75, 3.05) is 17.2 Å². The van der Waals surface area contributed by atoms with Gasteiger partial charge in [-0.25, -0.2) is 9.97 Å². The molecule has 6 nitrogen and oxygen atoms in total. The van der Waals surface area contributed by atoms with Gasteiger partial charge in [-0.15, -0.1) is 6.58 Å². The fourth-order valence-corrected chi connectivity index (χ4v) is 0.993. The molecular weight excluding hydrogens is 208 g/mol. The highest BCUT2D eigenvalue weighted by Gasteiger charge is 2.10. The number of anilines is 2. The molecule has 0 fully saturated rings. The molecule has 0 aromatic carbocycles. The van der Waals surface area contributed by atoms with Crippen molar-refractivity contribution in [3.8, 4) is 0 Å². The number of aliphatic carboxylic acids is 1. The van der Waals surface area contributed by atoms with E-state index in [1.807, 2.05) is 0 Å². The van der Waals surface area contributed by atoms with Crippen LogP contribution in [0.3, 0.4) is 0 Å². The number of carboxylic acid groups (broad SMARTS) is 1. The Morgan fingerprint density at radius 1 is 1.62 bits per heavy atom. The van der Waals surface area contributed by atoms with Gasteiger partial charge < -0.3 is 15.7 Å². The third-order valence-electron chi connectivity index (χ3n) is 1.83. The number of hydrogen-bond donors (Lipinski definition) is 3. The van der Waals surface area contributed by atoms with E-state index in [4.69, 9.17) is 5.11 Å². The van der Waals surface area contributed by atoms with Gasteiger partial charge in [0.05, 0.1) is 0 Å². The maximum atomic E-state index is 10.6. The van der Waals surface area contributed by atoms with Gasteiger partial charge in [-0.1, -0.05) is 6.08 Å². The first-order valence-corrected chi connectivity index (χ1v) is 4.79. The highest BCUT2D eigenvalue weighted by Crippen LogP contribution is 2.09. The van der Waals surface area contributed by atoms with Crippen LogP contribution in [0, 0.1) is 0 Å². The Bertz CT molecular complexity index is 381. The van der Waals surface area contributed by atoms with E-state index in [1.54, 1.807) is 19.1 Å². The second-order valence-corrected chi connectivity index (χ2v) is 3.16. The van der Waals surface area contributed by atoms with E-state index in [0.717, 1.165) is 0 Å². The number of hydrogen-bond acceptors (Lipinski definition) is 5. The smallest absolute Gasteiger partial charge is 0.325 e. The lowest BCUT2D eigenvalue weighted by molar-refractivity contribution is -0.137. The Labute approximate surface area is 93.4 Å². The monoisotopic (exact) mass is 222 g/mol. The molecule has 0 radical (unpaired) electrons. The predicted octanol–water partition coefficient (Wildman–Crippen LogP) is 0.959. The second-order valence-electron chi connectivity index (χ2n) is 3.16. The summed E-state index contributed by atoms with van der Waals surface area (Å²) in [5, 5.41) is 14.4. The SMILES string of the molecule is C=CCNc1cc(NC(C)C(=O)O)ncn1. The molecule has 0 amide bonds. The summed E-state index contributed by atoms with van der Waals surface area (Å²) in [6.07, 6.45) is 3.07. The molecule has 1 heterocycles. The highest BCUT2D eigenvalue weighted by molar-refractivity contribution is 5.76. The predicted molar refractivity (Wildman–Crippen MR) is 61.4 cm³/mol. The third-order valence-corrected chi connectivity index (χ3v) is 1.83. The van der Waals surface area contributed by atoms with Gasteiger partial charge in [0.25, 0.3) is 0 Å². The molecule has 3 N–H and O–H groups in total. The lowest BCUT2D eigenvalue weighted by atomic mass is 10.3. The fourth-order valence-electron chi connectivity index (χ4n) is 0.993. The molecule has 1 aromatic heterocycles. The Hall–Kier alpha value is -2.11. The van der Waals surface area contributed by atoms with Gasteiger partial charge in [-0.05, 0) is 6.92 Å². The van der Waals surface area contributed by atoms with Crippen molar-refractivity contribution < 1.29 is 9.90 Å². The van der Waals surface area contributed by atoms with Gasteiger partial charge >= 0.3 is 5.97 Å². The van der Waals surface area contributed by atoms with Gasteiger partial charge in [0, 0.05) is 12.6 Å². The Kier molecular flexibility index (Phi) is 4.26. The standard InChI is InChI=1S/C10H14N4O2/c1-3-4-11-8-5-9(13-6-12-8)14-7(2)10(15)16/h3,5-7H,1,4H2,2H3,(H,15,16)(H2,11,12,13,14). The van der Waals surface area contributed by atoms with E-state index in [9.17, 15) is 4.79 Å². The maximum Gasteiger partial charge on any atom is 0.325 e. The molecule has 0 spiro atoms. The first kappa shape index (κ1) is 12.0. The van der Waals surface area contributed by atoms with Crippen molar-refractivity contribution >= 4 is 17.6 Å². The molecule has 0 aliphatic heterocycles. The van der Waals surface area contributed by atoms with Gasteiger partial charge in [-0.2, -0.15) is 0 Å². The van der Waals surface area contributed by atoms with Crippen LogP contribution in [0.1, 0.15) is 6.92 Å². The van der Waals surface area contributed by atoms with Crippen LogP contribution in [0.4, 0.5) is 11.6 Å². The number of nitrogens with zero attached hydrogens (tertiary/aromatic N) is 2. The van der Waals surface area contributed by atoms with E-state index in [0.29, 0.717) is 18.2 Å². The number of nitrogens with one attached hydrogen (secondary N) is 2. The molecule has 1 atom stereocenters. The van der Waals surface area contributed by atoms with Crippen LogP contribution in [0.25, 0.3) is 0 Å². The van der Waals surface area contributed by atoms with E-state index >= 15 is 0 Å². The summed E-state index contributed by atoms with van der Waals surface area (Å²) < 4.78 is 0. The van der Waals surface area contributed by atoms with Crippen LogP contribution in [0.5, 0.6) is 0 Å². The summed E-state index contributed by atoms with van der Waals surface area (Å²) in [7, 11) is 0. The molecule has 6 heteroatoms. The van der Waals surface area contributed by atoms with E-state index < -0.39 is 12.0 Å². The van der Waals surface area contributed by atoms with Gasteiger partial charge in [0.2, 0.25) is 0 Å². The van der Waals surface area contributed by atoms with E-state index in [2.05, 4.69) is 27.2 Å². The number of carbonyl (C=O) groups is 1. The average molecular weight is 222 g/mol. The molecule has 0 saturated carbocycles. The van der Waals surface area contributed by atoms with Crippen LogP contribution in [-0.4, -0.2) is 33.6 Å². The molecule has 0 bridgehead atoms. The number of rotatable bonds is 6. The molecule has 0 aliphatic rings. The van der Waals surface area contributed by atoms with Crippen LogP contribution in [0.15, 0.2) is 25.0 Å². The van der Waals surface area contributed by atoms with Crippen molar-refractivity contribution in [1.29, 1.82) is 0 Å². The van der Waals surface area contributed by atoms with E-state index in [-0.39, 0.29) is 0 Å². The van der Waals surface area contributed by atoms with Crippen molar-refractivity contribution in [3.05, 3.63) is 25.0 Å². The number of aromatic nitrogens is 2. The topological polar surface area (TPSA) is 87.1 Å². The van der Waals surface area contributed by atoms with Crippen LogP contribution in [-0.2, 0) is 4.79 Å². The lowest BCUT2D eigenvalue weighted by Gasteiger charge is -2.10. The molecule has 16 heavy (non-hydrogen) atoms. The number of carboxylic acids is 1. The zero-order valence-electron chi connectivity index (χ0n) is 8.97. The zero-order chi connectivity index (χ0) is 12.0. The molecule has 0 aliphatic carbocycles. The van der Waals surface area contributed by atoms with Gasteiger partial charge in [0.15, 0.2) is 0 Å². The minimum atomic E-state index is -0.931. The third kappa shape index (κ3) is 3.56. The average Bonchev–Trinajstić information content (AvgIpc) is 2.26. The minimum Gasteiger partial charge on any atom is -0.480 e. The summed E-state index contributed by atoms with van der Waals surface area (Å²) in [4.78, 5) is 18.5.